The summed E-state index contributed by atoms with van der Waals surface area (Å²) in [6.45, 7) is 0. The molecule has 0 spiro atoms. The number of benzene rings is 1. The van der Waals surface area contributed by atoms with Gasteiger partial charge >= 0.3 is 5.97 Å². The van der Waals surface area contributed by atoms with Crippen LogP contribution in [0, 0.1) is 0 Å². The number of aromatic hydroxyl groups is 1. The van der Waals surface area contributed by atoms with Gasteiger partial charge in [0.2, 0.25) is 12.8 Å². The van der Waals surface area contributed by atoms with Crippen LogP contribution >= 0.6 is 0 Å². The molecule has 2 aromatic rings. The van der Waals surface area contributed by atoms with Crippen molar-refractivity contribution in [3.05, 3.63) is 36.5 Å². The zero-order chi connectivity index (χ0) is 12.7. The number of hydrogen-bond acceptors (Lipinski definition) is 6. The Balaban J connectivity index is 0.000000239. The number of carboxylic acids is 1. The van der Waals surface area contributed by atoms with Crippen LogP contribution in [0.25, 0.3) is 0 Å². The Kier molecular flexibility index (Phi) is 4.49. The first-order chi connectivity index (χ1) is 8.15. The van der Waals surface area contributed by atoms with Gasteiger partial charge in [0.05, 0.1) is 12.7 Å². The zero-order valence-electron chi connectivity index (χ0n) is 8.90. The second-order valence-electron chi connectivity index (χ2n) is 2.77. The third-order valence-corrected chi connectivity index (χ3v) is 1.71. The highest BCUT2D eigenvalue weighted by molar-refractivity contribution is 5.88. The largest absolute Gasteiger partial charge is 0.504 e. The van der Waals surface area contributed by atoms with E-state index >= 15 is 0 Å². The van der Waals surface area contributed by atoms with Crippen LogP contribution in [-0.2, 0) is 0 Å². The molecule has 0 aliphatic carbocycles. The van der Waals surface area contributed by atoms with Gasteiger partial charge in [0, 0.05) is 0 Å². The molecular weight excluding hydrogens is 228 g/mol. The van der Waals surface area contributed by atoms with Gasteiger partial charge in [-0.15, -0.1) is 10.2 Å². The van der Waals surface area contributed by atoms with E-state index in [1.165, 1.54) is 38.1 Å². The summed E-state index contributed by atoms with van der Waals surface area (Å²) in [6.07, 6.45) is 2.53. The van der Waals surface area contributed by atoms with Gasteiger partial charge in [-0.1, -0.05) is 0 Å². The average molecular weight is 238 g/mol. The van der Waals surface area contributed by atoms with Crippen molar-refractivity contribution < 1.29 is 24.2 Å². The second-order valence-corrected chi connectivity index (χ2v) is 2.77. The van der Waals surface area contributed by atoms with E-state index in [4.69, 9.17) is 14.9 Å². The van der Waals surface area contributed by atoms with Crippen molar-refractivity contribution in [1.82, 2.24) is 10.2 Å². The SMILES string of the molecule is COc1cc(C(=O)O)ccc1O.c1nnco1. The van der Waals surface area contributed by atoms with Crippen LogP contribution in [0.2, 0.25) is 0 Å². The number of rotatable bonds is 2. The molecule has 1 aromatic heterocycles. The van der Waals surface area contributed by atoms with Gasteiger partial charge in [0.1, 0.15) is 0 Å². The predicted molar refractivity (Wildman–Crippen MR) is 55.9 cm³/mol. The molecule has 0 bridgehead atoms. The van der Waals surface area contributed by atoms with E-state index in [1.54, 1.807) is 0 Å². The summed E-state index contributed by atoms with van der Waals surface area (Å²) >= 11 is 0. The Labute approximate surface area is 96.3 Å². The number of phenols is 1. The van der Waals surface area contributed by atoms with Crippen molar-refractivity contribution in [3.8, 4) is 11.5 Å². The first-order valence-corrected chi connectivity index (χ1v) is 4.44. The highest BCUT2D eigenvalue weighted by atomic mass is 16.5. The molecule has 7 nitrogen and oxygen atoms in total. The minimum atomic E-state index is -1.05. The molecule has 2 N–H and O–H groups in total. The van der Waals surface area contributed by atoms with Crippen molar-refractivity contribution in [2.24, 2.45) is 0 Å². The highest BCUT2D eigenvalue weighted by Crippen LogP contribution is 2.25. The van der Waals surface area contributed by atoms with Crippen LogP contribution in [0.1, 0.15) is 10.4 Å². The lowest BCUT2D eigenvalue weighted by atomic mass is 10.2. The van der Waals surface area contributed by atoms with E-state index < -0.39 is 5.97 Å². The van der Waals surface area contributed by atoms with Gasteiger partial charge in [-0.05, 0) is 18.2 Å². The molecule has 0 aliphatic rings. The Hall–Kier alpha value is -2.57. The molecule has 0 fully saturated rings. The fourth-order valence-corrected chi connectivity index (χ4v) is 0.947. The van der Waals surface area contributed by atoms with Gasteiger partial charge < -0.3 is 19.4 Å². The minimum Gasteiger partial charge on any atom is -0.504 e. The average Bonchev–Trinajstić information content (AvgIpc) is 2.88. The van der Waals surface area contributed by atoms with Crippen LogP contribution in [0.4, 0.5) is 0 Å². The normalized spacial score (nSPS) is 9.00. The van der Waals surface area contributed by atoms with E-state index in [-0.39, 0.29) is 17.1 Å². The number of aromatic carboxylic acids is 1. The topological polar surface area (TPSA) is 106 Å². The monoisotopic (exact) mass is 238 g/mol. The van der Waals surface area contributed by atoms with E-state index in [0.29, 0.717) is 0 Å². The maximum absolute atomic E-state index is 10.4. The molecule has 0 unspecified atom stereocenters. The summed E-state index contributed by atoms with van der Waals surface area (Å²) < 4.78 is 9.08. The van der Waals surface area contributed by atoms with Crippen LogP contribution in [0.5, 0.6) is 11.5 Å². The van der Waals surface area contributed by atoms with Crippen LogP contribution < -0.4 is 4.74 Å². The molecular formula is C10H10N2O5. The van der Waals surface area contributed by atoms with Gasteiger partial charge in [-0.25, -0.2) is 4.79 Å². The number of hydrogen-bond donors (Lipinski definition) is 2. The van der Waals surface area contributed by atoms with Gasteiger partial charge in [0.25, 0.3) is 0 Å². The molecule has 7 heteroatoms. The van der Waals surface area contributed by atoms with Gasteiger partial charge in [-0.2, -0.15) is 0 Å². The molecule has 17 heavy (non-hydrogen) atoms. The Morgan fingerprint density at radius 3 is 2.41 bits per heavy atom. The molecule has 0 radical (unpaired) electrons. The fraction of sp³-hybridized carbons (Fsp3) is 0.100. The molecule has 0 atom stereocenters. The molecule has 1 aromatic carbocycles. The van der Waals surface area contributed by atoms with Crippen molar-refractivity contribution in [3.63, 3.8) is 0 Å². The molecule has 0 aliphatic heterocycles. The lowest BCUT2D eigenvalue weighted by Gasteiger charge is -2.02. The minimum absolute atomic E-state index is 0.0671. The van der Waals surface area contributed by atoms with Crippen LogP contribution in [0.15, 0.2) is 35.4 Å². The van der Waals surface area contributed by atoms with Crippen molar-refractivity contribution in [2.45, 2.75) is 0 Å². The number of nitrogens with zero attached hydrogens (tertiary/aromatic N) is 2. The zero-order valence-corrected chi connectivity index (χ0v) is 8.90. The fourth-order valence-electron chi connectivity index (χ4n) is 0.947. The number of carbonyl (C=O) groups is 1. The quantitative estimate of drug-likeness (QED) is 0.808. The van der Waals surface area contributed by atoms with E-state index in [1.807, 2.05) is 0 Å². The first-order valence-electron chi connectivity index (χ1n) is 4.44. The number of aromatic nitrogens is 2. The molecule has 90 valence electrons. The Bertz CT molecular complexity index is 452. The first kappa shape index (κ1) is 12.5. The summed E-state index contributed by atoms with van der Waals surface area (Å²) in [7, 11) is 1.36. The van der Waals surface area contributed by atoms with E-state index in [0.717, 1.165) is 0 Å². The number of phenolic OH excluding ortho intramolecular Hbond substituents is 1. The third-order valence-electron chi connectivity index (χ3n) is 1.71. The molecule has 0 saturated carbocycles. The highest BCUT2D eigenvalue weighted by Gasteiger charge is 2.06. The van der Waals surface area contributed by atoms with Crippen LogP contribution in [0.3, 0.4) is 0 Å². The lowest BCUT2D eigenvalue weighted by molar-refractivity contribution is 0.0696. The number of methoxy groups -OCH3 is 1. The van der Waals surface area contributed by atoms with E-state index in [2.05, 4.69) is 14.6 Å². The smallest absolute Gasteiger partial charge is 0.335 e. The molecule has 0 amide bonds. The maximum Gasteiger partial charge on any atom is 0.335 e. The molecule has 0 saturated heterocycles. The van der Waals surface area contributed by atoms with Crippen molar-refractivity contribution >= 4 is 5.97 Å². The predicted octanol–water partition coefficient (Wildman–Crippen LogP) is 1.17. The van der Waals surface area contributed by atoms with E-state index in [9.17, 15) is 4.79 Å². The van der Waals surface area contributed by atoms with Crippen LogP contribution in [-0.4, -0.2) is 33.5 Å². The maximum atomic E-state index is 10.4. The summed E-state index contributed by atoms with van der Waals surface area (Å²) in [5, 5.41) is 24.3. The molecule has 1 heterocycles. The summed E-state index contributed by atoms with van der Waals surface area (Å²) in [4.78, 5) is 10.4. The lowest BCUT2D eigenvalue weighted by Crippen LogP contribution is -1.96. The Morgan fingerprint density at radius 2 is 2.00 bits per heavy atom. The summed E-state index contributed by atoms with van der Waals surface area (Å²) in [5.74, 6) is -0.953. The van der Waals surface area contributed by atoms with Crippen molar-refractivity contribution in [2.75, 3.05) is 7.11 Å². The summed E-state index contributed by atoms with van der Waals surface area (Å²) in [6, 6.07) is 3.85. The standard InChI is InChI=1S/C8H8O4.C2H2N2O/c1-12-7-4-5(8(10)11)2-3-6(7)9;1-3-4-2-5-1/h2-4,9H,1H3,(H,10,11);1-2H. The Morgan fingerprint density at radius 1 is 1.35 bits per heavy atom. The van der Waals surface area contributed by atoms with Gasteiger partial charge in [0.15, 0.2) is 11.5 Å². The third kappa shape index (κ3) is 3.82. The second kappa shape index (κ2) is 6.11. The van der Waals surface area contributed by atoms with Crippen molar-refractivity contribution in [1.29, 1.82) is 0 Å². The van der Waals surface area contributed by atoms with Gasteiger partial charge in [-0.3, -0.25) is 0 Å². The summed E-state index contributed by atoms with van der Waals surface area (Å²) in [5.41, 5.74) is 0.0876. The number of ether oxygens (including phenoxy) is 1. The molecule has 2 rings (SSSR count). The number of carboxylic acid groups (broad SMARTS) is 1.